The molecule has 168 valence electrons. The van der Waals surface area contributed by atoms with Crippen LogP contribution in [0, 0.1) is 0 Å². The van der Waals surface area contributed by atoms with Crippen LogP contribution in [0.4, 0.5) is 10.6 Å². The highest BCUT2D eigenvalue weighted by Crippen LogP contribution is 2.17. The lowest BCUT2D eigenvalue weighted by Gasteiger charge is -2.31. The number of halogens is 1. The molecular weight excluding hydrogens is 495 g/mol. The highest BCUT2D eigenvalue weighted by molar-refractivity contribution is 14.0. The van der Waals surface area contributed by atoms with Gasteiger partial charge in [0.05, 0.1) is 13.2 Å². The first-order valence-electron chi connectivity index (χ1n) is 10.8. The molecule has 3 rings (SSSR count). The fraction of sp³-hybridized carbons (Fsp3) is 0.667. The number of likely N-dealkylation sites (tertiary alicyclic amines) is 1. The molecule has 9 heteroatoms. The summed E-state index contributed by atoms with van der Waals surface area (Å²) in [5.41, 5.74) is 7.11. The summed E-state index contributed by atoms with van der Waals surface area (Å²) in [4.78, 5) is 24.9. The van der Waals surface area contributed by atoms with Crippen LogP contribution in [0.2, 0.25) is 0 Å². The van der Waals surface area contributed by atoms with Crippen molar-refractivity contribution in [3.8, 4) is 0 Å². The second-order valence-electron chi connectivity index (χ2n) is 7.73. The second-order valence-corrected chi connectivity index (χ2v) is 7.73. The van der Waals surface area contributed by atoms with Crippen LogP contribution >= 0.6 is 24.0 Å². The Morgan fingerprint density at radius 2 is 1.90 bits per heavy atom. The maximum atomic E-state index is 11.8. The van der Waals surface area contributed by atoms with Gasteiger partial charge < -0.3 is 25.6 Å². The van der Waals surface area contributed by atoms with Gasteiger partial charge in [-0.3, -0.25) is 0 Å². The van der Waals surface area contributed by atoms with E-state index in [2.05, 4.69) is 32.3 Å². The molecule has 0 aromatic carbocycles. The molecule has 0 saturated carbocycles. The lowest BCUT2D eigenvalue weighted by atomic mass is 10.1. The van der Waals surface area contributed by atoms with Crippen molar-refractivity contribution < 1.29 is 9.53 Å². The van der Waals surface area contributed by atoms with E-state index in [0.717, 1.165) is 37.3 Å². The number of ether oxygens (including phenoxy) is 1. The molecule has 30 heavy (non-hydrogen) atoms. The number of hydrogen-bond acceptors (Lipinski definition) is 5. The van der Waals surface area contributed by atoms with E-state index in [1.54, 1.807) is 4.90 Å². The van der Waals surface area contributed by atoms with E-state index < -0.39 is 0 Å². The minimum atomic E-state index is -0.233. The highest BCUT2D eigenvalue weighted by atomic mass is 127. The van der Waals surface area contributed by atoms with Gasteiger partial charge in [0.1, 0.15) is 5.82 Å². The zero-order valence-electron chi connectivity index (χ0n) is 17.9. The van der Waals surface area contributed by atoms with Crippen molar-refractivity contribution in [2.75, 3.05) is 37.7 Å². The van der Waals surface area contributed by atoms with Crippen molar-refractivity contribution in [3.05, 3.63) is 23.9 Å². The average Bonchev–Trinajstić information content (AvgIpc) is 3.03. The van der Waals surface area contributed by atoms with Gasteiger partial charge in [0, 0.05) is 38.4 Å². The number of anilines is 1. The van der Waals surface area contributed by atoms with E-state index in [1.807, 2.05) is 13.1 Å². The number of nitrogens with one attached hydrogen (secondary N) is 1. The zero-order chi connectivity index (χ0) is 20.5. The number of carbonyl (C=O) groups is 1. The topological polar surface area (TPSA) is 96.1 Å². The molecule has 2 aliphatic heterocycles. The van der Waals surface area contributed by atoms with Gasteiger partial charge in [-0.2, -0.15) is 0 Å². The summed E-state index contributed by atoms with van der Waals surface area (Å²) in [6.45, 7) is 6.27. The van der Waals surface area contributed by atoms with Gasteiger partial charge in [0.25, 0.3) is 0 Å². The Labute approximate surface area is 196 Å². The molecule has 0 aliphatic carbocycles. The summed E-state index contributed by atoms with van der Waals surface area (Å²) in [7, 11) is 0. The Hall–Kier alpha value is -1.78. The van der Waals surface area contributed by atoms with Crippen LogP contribution in [-0.2, 0) is 11.3 Å². The van der Waals surface area contributed by atoms with E-state index in [-0.39, 0.29) is 36.1 Å². The van der Waals surface area contributed by atoms with Crippen LogP contribution in [0.3, 0.4) is 0 Å². The summed E-state index contributed by atoms with van der Waals surface area (Å²) in [5.74, 6) is 1.50. The largest absolute Gasteiger partial charge is 0.450 e. The molecule has 0 spiro atoms. The third kappa shape index (κ3) is 7.48. The molecule has 8 nitrogen and oxygen atoms in total. The predicted octanol–water partition coefficient (Wildman–Crippen LogP) is 3.11. The number of rotatable bonds is 5. The maximum Gasteiger partial charge on any atom is 0.409 e. The number of nitrogens with two attached hydrogens (primary N) is 1. The number of hydrogen-bond donors (Lipinski definition) is 2. The fourth-order valence-corrected chi connectivity index (χ4v) is 3.85. The molecular formula is C21H35IN6O2. The molecule has 2 aliphatic rings. The number of guanidine groups is 1. The summed E-state index contributed by atoms with van der Waals surface area (Å²) < 4.78 is 5.05. The summed E-state index contributed by atoms with van der Waals surface area (Å²) in [6, 6.07) is 4.40. The van der Waals surface area contributed by atoms with Crippen molar-refractivity contribution in [1.29, 1.82) is 0 Å². The fourth-order valence-electron chi connectivity index (χ4n) is 3.85. The molecule has 0 unspecified atom stereocenters. The van der Waals surface area contributed by atoms with Gasteiger partial charge in [-0.15, -0.1) is 24.0 Å². The molecule has 1 aromatic heterocycles. The van der Waals surface area contributed by atoms with Gasteiger partial charge in [-0.25, -0.2) is 14.8 Å². The number of aromatic nitrogens is 1. The molecule has 3 N–H and O–H groups in total. The number of amides is 1. The SMILES string of the molecule is CCOC(=O)N1CCC(NC(N)=NCc2ccc(N3CCCCCC3)nc2)CC1.I. The van der Waals surface area contributed by atoms with E-state index >= 15 is 0 Å². The third-order valence-corrected chi connectivity index (χ3v) is 5.54. The first-order valence-corrected chi connectivity index (χ1v) is 10.8. The van der Waals surface area contributed by atoms with Crippen molar-refractivity contribution in [2.45, 2.75) is 58.0 Å². The van der Waals surface area contributed by atoms with Crippen molar-refractivity contribution in [3.63, 3.8) is 0 Å². The lowest BCUT2D eigenvalue weighted by molar-refractivity contribution is 0.0963. The Morgan fingerprint density at radius 1 is 1.20 bits per heavy atom. The third-order valence-electron chi connectivity index (χ3n) is 5.54. The second kappa shape index (κ2) is 12.8. The molecule has 0 bridgehead atoms. The number of piperidine rings is 1. The van der Waals surface area contributed by atoms with Crippen LogP contribution in [0.25, 0.3) is 0 Å². The van der Waals surface area contributed by atoms with E-state index in [1.165, 1.54) is 25.7 Å². The highest BCUT2D eigenvalue weighted by Gasteiger charge is 2.23. The predicted molar refractivity (Wildman–Crippen MR) is 130 cm³/mol. The molecule has 1 amide bonds. The Bertz CT molecular complexity index is 669. The molecule has 3 heterocycles. The van der Waals surface area contributed by atoms with Crippen molar-refractivity contribution >= 4 is 41.8 Å². The minimum absolute atomic E-state index is 0. The van der Waals surface area contributed by atoms with Crippen molar-refractivity contribution in [1.82, 2.24) is 15.2 Å². The minimum Gasteiger partial charge on any atom is -0.450 e. The first kappa shape index (κ1) is 24.5. The number of carbonyl (C=O) groups excluding carboxylic acids is 1. The van der Waals surface area contributed by atoms with Gasteiger partial charge in [-0.05, 0) is 44.2 Å². The Kier molecular flexibility index (Phi) is 10.5. The number of pyridine rings is 1. The molecule has 2 fully saturated rings. The van der Waals surface area contributed by atoms with E-state index in [4.69, 9.17) is 10.5 Å². The Balaban J connectivity index is 0.00000320. The van der Waals surface area contributed by atoms with Crippen LogP contribution < -0.4 is 16.0 Å². The molecule has 2 saturated heterocycles. The van der Waals surface area contributed by atoms with E-state index in [0.29, 0.717) is 32.2 Å². The molecule has 1 aromatic rings. The monoisotopic (exact) mass is 530 g/mol. The standard InChI is InChI=1S/C21H34N6O2.HI/c1-2-29-21(28)27-13-9-18(10-14-27)25-20(22)24-16-17-7-8-19(23-15-17)26-11-5-3-4-6-12-26;/h7-8,15,18H,2-6,9-14,16H2,1H3,(H3,22,24,25);1H. The summed E-state index contributed by atoms with van der Waals surface area (Å²) >= 11 is 0. The lowest BCUT2D eigenvalue weighted by Crippen LogP contribution is -2.48. The van der Waals surface area contributed by atoms with Crippen molar-refractivity contribution in [2.24, 2.45) is 10.7 Å². The van der Waals surface area contributed by atoms with E-state index in [9.17, 15) is 4.79 Å². The summed E-state index contributed by atoms with van der Waals surface area (Å²) in [6.07, 6.45) is 8.46. The van der Waals surface area contributed by atoms with Gasteiger partial charge in [0.2, 0.25) is 0 Å². The van der Waals surface area contributed by atoms with Crippen LogP contribution in [0.5, 0.6) is 0 Å². The maximum absolute atomic E-state index is 11.8. The first-order chi connectivity index (χ1) is 14.2. The van der Waals surface area contributed by atoms with Gasteiger partial charge in [-0.1, -0.05) is 18.9 Å². The van der Waals surface area contributed by atoms with Crippen LogP contribution in [0.15, 0.2) is 23.3 Å². The Morgan fingerprint density at radius 3 is 2.50 bits per heavy atom. The normalized spacial score (nSPS) is 18.4. The molecule has 0 atom stereocenters. The average molecular weight is 530 g/mol. The van der Waals surface area contributed by atoms with Gasteiger partial charge in [0.15, 0.2) is 5.96 Å². The number of aliphatic imine (C=N–C) groups is 1. The number of nitrogens with zero attached hydrogens (tertiary/aromatic N) is 4. The summed E-state index contributed by atoms with van der Waals surface area (Å²) in [5, 5.41) is 3.27. The smallest absolute Gasteiger partial charge is 0.409 e. The molecule has 0 radical (unpaired) electrons. The van der Waals surface area contributed by atoms with Crippen LogP contribution in [0.1, 0.15) is 51.0 Å². The van der Waals surface area contributed by atoms with Gasteiger partial charge >= 0.3 is 6.09 Å². The quantitative estimate of drug-likeness (QED) is 0.345. The van der Waals surface area contributed by atoms with Crippen LogP contribution in [-0.4, -0.2) is 60.8 Å². The zero-order valence-corrected chi connectivity index (χ0v) is 20.2.